The molecule has 0 fully saturated rings. The van der Waals surface area contributed by atoms with Gasteiger partial charge in [-0.3, -0.25) is 4.79 Å². The predicted molar refractivity (Wildman–Crippen MR) is 85.8 cm³/mol. The van der Waals surface area contributed by atoms with E-state index < -0.39 is 24.6 Å². The van der Waals surface area contributed by atoms with Crippen molar-refractivity contribution in [1.82, 2.24) is 10.1 Å². The van der Waals surface area contributed by atoms with Gasteiger partial charge in [0.15, 0.2) is 0 Å². The molecule has 2 aromatic carbocycles. The van der Waals surface area contributed by atoms with Gasteiger partial charge in [-0.25, -0.2) is 0 Å². The summed E-state index contributed by atoms with van der Waals surface area (Å²) in [5, 5.41) is 5.66. The van der Waals surface area contributed by atoms with Crippen LogP contribution in [0.15, 0.2) is 53.1 Å². The lowest BCUT2D eigenvalue weighted by atomic mass is 10.1. The highest BCUT2D eigenvalue weighted by Gasteiger charge is 2.38. The molecule has 6 nitrogen and oxygen atoms in total. The molecule has 0 aliphatic carbocycles. The number of halogens is 5. The van der Waals surface area contributed by atoms with Crippen LogP contribution in [0, 0.1) is 0 Å². The third kappa shape index (κ3) is 4.42. The number of nitrogens with zero attached hydrogens (tertiary/aromatic N) is 2. The predicted octanol–water partition coefficient (Wildman–Crippen LogP) is 4.61. The molecular weight excluding hydrogens is 389 g/mol. The molecule has 0 saturated heterocycles. The van der Waals surface area contributed by atoms with Gasteiger partial charge in [-0.05, 0) is 24.3 Å². The van der Waals surface area contributed by atoms with E-state index in [9.17, 15) is 26.7 Å². The maximum atomic E-state index is 12.5. The number of para-hydroxylation sites is 2. The summed E-state index contributed by atoms with van der Waals surface area (Å²) in [6.45, 7) is -3.06. The molecule has 0 aliphatic rings. The van der Waals surface area contributed by atoms with Gasteiger partial charge in [-0.2, -0.15) is 26.9 Å². The largest absolute Gasteiger partial charge is 0.471 e. The van der Waals surface area contributed by atoms with Gasteiger partial charge >= 0.3 is 18.7 Å². The maximum absolute atomic E-state index is 12.5. The summed E-state index contributed by atoms with van der Waals surface area (Å²) in [5.74, 6) is -2.63. The lowest BCUT2D eigenvalue weighted by Crippen LogP contribution is -2.13. The Kier molecular flexibility index (Phi) is 5.25. The van der Waals surface area contributed by atoms with Crippen LogP contribution >= 0.6 is 0 Å². The summed E-state index contributed by atoms with van der Waals surface area (Å²) >= 11 is 0. The Morgan fingerprint density at radius 3 is 2.36 bits per heavy atom. The van der Waals surface area contributed by atoms with E-state index in [0.717, 1.165) is 0 Å². The van der Waals surface area contributed by atoms with Gasteiger partial charge in [0.05, 0.1) is 5.69 Å². The summed E-state index contributed by atoms with van der Waals surface area (Å²) in [6, 6.07) is 10.9. The van der Waals surface area contributed by atoms with Crippen LogP contribution < -0.4 is 10.1 Å². The molecule has 1 heterocycles. The molecule has 1 aromatic heterocycles. The number of alkyl halides is 5. The number of nitrogens with one attached hydrogen (secondary N) is 1. The monoisotopic (exact) mass is 399 g/mol. The average molecular weight is 399 g/mol. The van der Waals surface area contributed by atoms with Crippen LogP contribution in [0.5, 0.6) is 5.75 Å². The Morgan fingerprint density at radius 1 is 1.07 bits per heavy atom. The number of amides is 1. The van der Waals surface area contributed by atoms with Crippen molar-refractivity contribution in [3.05, 3.63) is 60.0 Å². The third-order valence-corrected chi connectivity index (χ3v) is 3.43. The first-order valence-corrected chi connectivity index (χ1v) is 7.60. The van der Waals surface area contributed by atoms with Crippen LogP contribution in [0.25, 0.3) is 11.4 Å². The molecule has 0 saturated carbocycles. The molecular formula is C17H10F5N3O3. The third-order valence-electron chi connectivity index (χ3n) is 3.43. The number of carbonyl (C=O) groups is 1. The van der Waals surface area contributed by atoms with Crippen molar-refractivity contribution in [2.24, 2.45) is 0 Å². The molecule has 3 aromatic rings. The number of rotatable bonds is 5. The Morgan fingerprint density at radius 2 is 1.75 bits per heavy atom. The standard InChI is InChI=1S/C17H10F5N3O3/c18-16(19)27-12-4-2-1-3-11(12)23-14(26)10-7-5-9(6-8-10)13-24-15(28-25-13)17(20,21)22/h1-8,16H,(H,23,26). The van der Waals surface area contributed by atoms with E-state index in [0.29, 0.717) is 0 Å². The van der Waals surface area contributed by atoms with Crippen LogP contribution in [-0.4, -0.2) is 22.7 Å². The Balaban J connectivity index is 1.75. The number of aromatic nitrogens is 2. The summed E-state index contributed by atoms with van der Waals surface area (Å²) in [6.07, 6.45) is -4.77. The van der Waals surface area contributed by atoms with Crippen molar-refractivity contribution >= 4 is 11.6 Å². The number of hydrogen-bond donors (Lipinski definition) is 1. The quantitative estimate of drug-likeness (QED) is 0.634. The molecule has 0 atom stereocenters. The molecule has 1 amide bonds. The van der Waals surface area contributed by atoms with Crippen LogP contribution in [0.3, 0.4) is 0 Å². The lowest BCUT2D eigenvalue weighted by Gasteiger charge is -2.11. The van der Waals surface area contributed by atoms with E-state index in [1.165, 1.54) is 48.5 Å². The van der Waals surface area contributed by atoms with Crippen LogP contribution in [0.4, 0.5) is 27.6 Å². The van der Waals surface area contributed by atoms with Gasteiger partial charge in [0.2, 0.25) is 5.82 Å². The molecule has 28 heavy (non-hydrogen) atoms. The van der Waals surface area contributed by atoms with Crippen molar-refractivity contribution < 1.29 is 36.0 Å². The van der Waals surface area contributed by atoms with Crippen molar-refractivity contribution in [1.29, 1.82) is 0 Å². The van der Waals surface area contributed by atoms with Crippen molar-refractivity contribution in [2.45, 2.75) is 12.8 Å². The Hall–Kier alpha value is -3.50. The second-order valence-corrected chi connectivity index (χ2v) is 5.33. The number of hydrogen-bond acceptors (Lipinski definition) is 5. The SMILES string of the molecule is O=C(Nc1ccccc1OC(F)F)c1ccc(-c2noc(C(F)(F)F)n2)cc1. The summed E-state index contributed by atoms with van der Waals surface area (Å²) in [5.41, 5.74) is 0.345. The molecule has 146 valence electrons. The second-order valence-electron chi connectivity index (χ2n) is 5.33. The minimum absolute atomic E-state index is 0.0323. The Bertz CT molecular complexity index is 971. The number of anilines is 1. The molecule has 1 N–H and O–H groups in total. The molecule has 0 spiro atoms. The molecule has 0 radical (unpaired) electrons. The first-order chi connectivity index (χ1) is 13.2. The fraction of sp³-hybridized carbons (Fsp3) is 0.118. The van der Waals surface area contributed by atoms with E-state index in [2.05, 4.69) is 24.7 Å². The van der Waals surface area contributed by atoms with Crippen LogP contribution in [-0.2, 0) is 6.18 Å². The topological polar surface area (TPSA) is 77.2 Å². The molecule has 0 aliphatic heterocycles. The summed E-state index contributed by atoms with van der Waals surface area (Å²) in [7, 11) is 0. The normalized spacial score (nSPS) is 11.5. The van der Waals surface area contributed by atoms with Crippen molar-refractivity contribution in [2.75, 3.05) is 5.32 Å². The highest BCUT2D eigenvalue weighted by molar-refractivity contribution is 6.05. The lowest BCUT2D eigenvalue weighted by molar-refractivity contribution is -0.159. The fourth-order valence-corrected chi connectivity index (χ4v) is 2.19. The highest BCUT2D eigenvalue weighted by atomic mass is 19.4. The van der Waals surface area contributed by atoms with Gasteiger partial charge in [0.1, 0.15) is 5.75 Å². The Labute approximate surface area is 153 Å². The van der Waals surface area contributed by atoms with Gasteiger partial charge < -0.3 is 14.6 Å². The fourth-order valence-electron chi connectivity index (χ4n) is 2.19. The van der Waals surface area contributed by atoms with E-state index in [1.54, 1.807) is 0 Å². The van der Waals surface area contributed by atoms with E-state index >= 15 is 0 Å². The maximum Gasteiger partial charge on any atom is 0.471 e. The average Bonchev–Trinajstić information content (AvgIpc) is 3.14. The second kappa shape index (κ2) is 7.62. The van der Waals surface area contributed by atoms with Crippen molar-refractivity contribution in [3.8, 4) is 17.1 Å². The summed E-state index contributed by atoms with van der Waals surface area (Å²) in [4.78, 5) is 15.5. The van der Waals surface area contributed by atoms with Crippen molar-refractivity contribution in [3.63, 3.8) is 0 Å². The molecule has 0 bridgehead atoms. The first-order valence-electron chi connectivity index (χ1n) is 7.60. The van der Waals surface area contributed by atoms with Crippen LogP contribution in [0.1, 0.15) is 16.2 Å². The minimum Gasteiger partial charge on any atom is -0.433 e. The zero-order chi connectivity index (χ0) is 20.3. The van der Waals surface area contributed by atoms with Gasteiger partial charge in [-0.15, -0.1) is 0 Å². The van der Waals surface area contributed by atoms with Gasteiger partial charge in [0.25, 0.3) is 5.91 Å². The number of ether oxygens (including phenoxy) is 1. The summed E-state index contributed by atoms with van der Waals surface area (Å²) < 4.78 is 70.8. The minimum atomic E-state index is -4.77. The molecule has 3 rings (SSSR count). The van der Waals surface area contributed by atoms with E-state index in [-0.39, 0.29) is 28.4 Å². The number of benzene rings is 2. The van der Waals surface area contributed by atoms with E-state index in [1.807, 2.05) is 0 Å². The van der Waals surface area contributed by atoms with Crippen LogP contribution in [0.2, 0.25) is 0 Å². The molecule has 11 heteroatoms. The number of carbonyl (C=O) groups excluding carboxylic acids is 1. The zero-order valence-electron chi connectivity index (χ0n) is 13.7. The zero-order valence-corrected chi connectivity index (χ0v) is 13.7. The smallest absolute Gasteiger partial charge is 0.433 e. The first kappa shape index (κ1) is 19.3. The van der Waals surface area contributed by atoms with Gasteiger partial charge in [-0.1, -0.05) is 29.4 Å². The highest BCUT2D eigenvalue weighted by Crippen LogP contribution is 2.30. The van der Waals surface area contributed by atoms with E-state index in [4.69, 9.17) is 0 Å². The molecule has 0 unspecified atom stereocenters. The van der Waals surface area contributed by atoms with Gasteiger partial charge in [0, 0.05) is 11.1 Å².